The second-order valence-corrected chi connectivity index (χ2v) is 5.44. The van der Waals surface area contributed by atoms with E-state index >= 15 is 0 Å². The highest BCUT2D eigenvalue weighted by Crippen LogP contribution is 2.14. The van der Waals surface area contributed by atoms with Crippen molar-refractivity contribution in [2.45, 2.75) is 32.7 Å². The number of nitrogen functional groups attached to an aromatic ring is 1. The molecular formula is C18H22N2O. The molecule has 2 aromatic rings. The van der Waals surface area contributed by atoms with E-state index in [0.717, 1.165) is 16.8 Å². The Bertz CT molecular complexity index is 605. The van der Waals surface area contributed by atoms with Crippen molar-refractivity contribution in [1.29, 1.82) is 0 Å². The standard InChI is InChI=1S/C18H22N2O/c1-13-6-9-16(10-7-13)14(2)20-18(21)11-8-15-4-3-5-17(19)12-15/h3-7,9-10,12,14H,8,11,19H2,1-2H3,(H,20,21). The van der Waals surface area contributed by atoms with Gasteiger partial charge in [0.2, 0.25) is 5.91 Å². The van der Waals surface area contributed by atoms with Gasteiger partial charge in [0.05, 0.1) is 6.04 Å². The molecule has 0 aliphatic carbocycles. The van der Waals surface area contributed by atoms with E-state index in [1.807, 2.05) is 31.2 Å². The molecule has 1 unspecified atom stereocenters. The van der Waals surface area contributed by atoms with Gasteiger partial charge >= 0.3 is 0 Å². The van der Waals surface area contributed by atoms with Crippen molar-refractivity contribution >= 4 is 11.6 Å². The van der Waals surface area contributed by atoms with Crippen molar-refractivity contribution in [3.8, 4) is 0 Å². The van der Waals surface area contributed by atoms with Crippen LogP contribution in [0.2, 0.25) is 0 Å². The fraction of sp³-hybridized carbons (Fsp3) is 0.278. The summed E-state index contributed by atoms with van der Waals surface area (Å²) in [6, 6.07) is 15.9. The Morgan fingerprint density at radius 3 is 2.57 bits per heavy atom. The van der Waals surface area contributed by atoms with Gasteiger partial charge in [0.15, 0.2) is 0 Å². The van der Waals surface area contributed by atoms with Crippen LogP contribution >= 0.6 is 0 Å². The number of hydrogen-bond donors (Lipinski definition) is 2. The molecule has 0 fully saturated rings. The molecule has 0 saturated carbocycles. The van der Waals surface area contributed by atoms with Gasteiger partial charge in [0, 0.05) is 12.1 Å². The number of nitrogens with two attached hydrogens (primary N) is 1. The fourth-order valence-corrected chi connectivity index (χ4v) is 2.26. The van der Waals surface area contributed by atoms with Crippen LogP contribution in [0.15, 0.2) is 48.5 Å². The quantitative estimate of drug-likeness (QED) is 0.826. The molecule has 3 nitrogen and oxygen atoms in total. The minimum atomic E-state index is 0.0268. The van der Waals surface area contributed by atoms with Crippen molar-refractivity contribution in [3.05, 3.63) is 65.2 Å². The average molecular weight is 282 g/mol. The number of aryl methyl sites for hydroxylation is 2. The van der Waals surface area contributed by atoms with Crippen LogP contribution in [0.3, 0.4) is 0 Å². The lowest BCUT2D eigenvalue weighted by molar-refractivity contribution is -0.121. The molecule has 1 amide bonds. The number of nitrogens with one attached hydrogen (secondary N) is 1. The Morgan fingerprint density at radius 1 is 1.19 bits per heavy atom. The molecule has 0 aliphatic rings. The smallest absolute Gasteiger partial charge is 0.220 e. The van der Waals surface area contributed by atoms with Crippen LogP contribution < -0.4 is 11.1 Å². The zero-order valence-corrected chi connectivity index (χ0v) is 12.6. The lowest BCUT2D eigenvalue weighted by atomic mass is 10.1. The molecule has 0 saturated heterocycles. The number of amides is 1. The summed E-state index contributed by atoms with van der Waals surface area (Å²) in [5.74, 6) is 0.0606. The molecule has 3 N–H and O–H groups in total. The van der Waals surface area contributed by atoms with Gasteiger partial charge in [-0.15, -0.1) is 0 Å². The molecule has 21 heavy (non-hydrogen) atoms. The predicted molar refractivity (Wildman–Crippen MR) is 86.9 cm³/mol. The average Bonchev–Trinajstić information content (AvgIpc) is 2.46. The van der Waals surface area contributed by atoms with Crippen LogP contribution in [0.25, 0.3) is 0 Å². The minimum Gasteiger partial charge on any atom is -0.399 e. The second-order valence-electron chi connectivity index (χ2n) is 5.44. The lowest BCUT2D eigenvalue weighted by Crippen LogP contribution is -2.26. The van der Waals surface area contributed by atoms with E-state index in [9.17, 15) is 4.79 Å². The lowest BCUT2D eigenvalue weighted by Gasteiger charge is -2.14. The topological polar surface area (TPSA) is 55.1 Å². The summed E-state index contributed by atoms with van der Waals surface area (Å²) < 4.78 is 0. The van der Waals surface area contributed by atoms with Crippen molar-refractivity contribution in [2.24, 2.45) is 0 Å². The van der Waals surface area contributed by atoms with E-state index in [4.69, 9.17) is 5.73 Å². The summed E-state index contributed by atoms with van der Waals surface area (Å²) in [7, 11) is 0. The third kappa shape index (κ3) is 4.63. The Kier molecular flexibility index (Phi) is 4.99. The molecular weight excluding hydrogens is 260 g/mol. The zero-order chi connectivity index (χ0) is 15.2. The summed E-state index contributed by atoms with van der Waals surface area (Å²) in [6.07, 6.45) is 1.18. The molecule has 3 heteroatoms. The van der Waals surface area contributed by atoms with E-state index in [0.29, 0.717) is 12.8 Å². The van der Waals surface area contributed by atoms with Crippen molar-refractivity contribution < 1.29 is 4.79 Å². The molecule has 1 atom stereocenters. The molecule has 0 aromatic heterocycles. The molecule has 0 radical (unpaired) electrons. The molecule has 2 aromatic carbocycles. The fourth-order valence-electron chi connectivity index (χ4n) is 2.26. The second kappa shape index (κ2) is 6.93. The van der Waals surface area contributed by atoms with Crippen LogP contribution in [-0.2, 0) is 11.2 Å². The van der Waals surface area contributed by atoms with E-state index < -0.39 is 0 Å². The van der Waals surface area contributed by atoms with Crippen LogP contribution in [0.4, 0.5) is 5.69 Å². The largest absolute Gasteiger partial charge is 0.399 e. The Hall–Kier alpha value is -2.29. The zero-order valence-electron chi connectivity index (χ0n) is 12.6. The number of carbonyl (C=O) groups is 1. The van der Waals surface area contributed by atoms with Crippen molar-refractivity contribution in [2.75, 3.05) is 5.73 Å². The first-order valence-corrected chi connectivity index (χ1v) is 7.25. The van der Waals surface area contributed by atoms with Crippen LogP contribution in [0, 0.1) is 6.92 Å². The van der Waals surface area contributed by atoms with Crippen LogP contribution in [-0.4, -0.2) is 5.91 Å². The first-order valence-electron chi connectivity index (χ1n) is 7.25. The summed E-state index contributed by atoms with van der Waals surface area (Å²) in [5, 5.41) is 3.03. The minimum absolute atomic E-state index is 0.0268. The van der Waals surface area contributed by atoms with Gasteiger partial charge in [-0.25, -0.2) is 0 Å². The third-order valence-corrected chi connectivity index (χ3v) is 3.55. The molecule has 0 spiro atoms. The van der Waals surface area contributed by atoms with E-state index in [1.165, 1.54) is 5.56 Å². The Labute approximate surface area is 126 Å². The van der Waals surface area contributed by atoms with Crippen LogP contribution in [0.1, 0.15) is 36.1 Å². The van der Waals surface area contributed by atoms with Gasteiger partial charge in [-0.2, -0.15) is 0 Å². The first kappa shape index (κ1) is 15.1. The number of carbonyl (C=O) groups excluding carboxylic acids is 1. The highest BCUT2D eigenvalue weighted by Gasteiger charge is 2.09. The van der Waals surface area contributed by atoms with E-state index in [-0.39, 0.29) is 11.9 Å². The van der Waals surface area contributed by atoms with Crippen molar-refractivity contribution in [3.63, 3.8) is 0 Å². The summed E-state index contributed by atoms with van der Waals surface area (Å²) >= 11 is 0. The molecule has 110 valence electrons. The molecule has 2 rings (SSSR count). The normalized spacial score (nSPS) is 11.9. The number of anilines is 1. The monoisotopic (exact) mass is 282 g/mol. The summed E-state index contributed by atoms with van der Waals surface area (Å²) in [6.45, 7) is 4.06. The number of rotatable bonds is 5. The highest BCUT2D eigenvalue weighted by molar-refractivity contribution is 5.76. The van der Waals surface area contributed by atoms with Crippen molar-refractivity contribution in [1.82, 2.24) is 5.32 Å². The summed E-state index contributed by atoms with van der Waals surface area (Å²) in [5.41, 5.74) is 9.91. The van der Waals surface area contributed by atoms with Gasteiger partial charge in [-0.1, -0.05) is 42.0 Å². The van der Waals surface area contributed by atoms with E-state index in [1.54, 1.807) is 0 Å². The maximum absolute atomic E-state index is 12.0. The van der Waals surface area contributed by atoms with Gasteiger partial charge < -0.3 is 11.1 Å². The van der Waals surface area contributed by atoms with Gasteiger partial charge in [-0.05, 0) is 43.5 Å². The van der Waals surface area contributed by atoms with Gasteiger partial charge in [-0.3, -0.25) is 4.79 Å². The number of benzene rings is 2. The van der Waals surface area contributed by atoms with Gasteiger partial charge in [0.25, 0.3) is 0 Å². The maximum Gasteiger partial charge on any atom is 0.220 e. The highest BCUT2D eigenvalue weighted by atomic mass is 16.1. The predicted octanol–water partition coefficient (Wildman–Crippen LogP) is 3.39. The first-order chi connectivity index (χ1) is 10.0. The van der Waals surface area contributed by atoms with E-state index in [2.05, 4.69) is 36.5 Å². The molecule has 0 heterocycles. The Morgan fingerprint density at radius 2 is 1.90 bits per heavy atom. The Balaban J connectivity index is 1.85. The summed E-state index contributed by atoms with van der Waals surface area (Å²) in [4.78, 5) is 12.0. The number of hydrogen-bond acceptors (Lipinski definition) is 2. The molecule has 0 bridgehead atoms. The molecule has 0 aliphatic heterocycles. The maximum atomic E-state index is 12.0. The SMILES string of the molecule is Cc1ccc(C(C)NC(=O)CCc2cccc(N)c2)cc1. The van der Waals surface area contributed by atoms with Gasteiger partial charge in [0.1, 0.15) is 0 Å². The van der Waals surface area contributed by atoms with Crippen LogP contribution in [0.5, 0.6) is 0 Å². The third-order valence-electron chi connectivity index (χ3n) is 3.55.